The molecular formula is C20H23F3N3O3+. The van der Waals surface area contributed by atoms with Crippen molar-refractivity contribution in [1.29, 1.82) is 0 Å². The summed E-state index contributed by atoms with van der Waals surface area (Å²) in [5.41, 5.74) is 1.35. The number of nitrogens with zero attached hydrogens (tertiary/aromatic N) is 1. The van der Waals surface area contributed by atoms with Crippen LogP contribution in [0.4, 0.5) is 18.9 Å². The van der Waals surface area contributed by atoms with Gasteiger partial charge in [0.1, 0.15) is 5.75 Å². The smallest absolute Gasteiger partial charge is 0.406 e. The fraction of sp³-hybridized carbons (Fsp3) is 0.300. The number of rotatable bonds is 8. The lowest BCUT2D eigenvalue weighted by Crippen LogP contribution is -3.11. The van der Waals surface area contributed by atoms with Gasteiger partial charge in [-0.05, 0) is 29.8 Å². The average molecular weight is 410 g/mol. The lowest BCUT2D eigenvalue weighted by molar-refractivity contribution is -0.862. The van der Waals surface area contributed by atoms with Gasteiger partial charge in [-0.25, -0.2) is 0 Å². The Balaban J connectivity index is 1.78. The number of nitrogens with one attached hydrogen (secondary N) is 2. The van der Waals surface area contributed by atoms with Crippen LogP contribution in [-0.4, -0.2) is 50.3 Å². The highest BCUT2D eigenvalue weighted by atomic mass is 19.4. The molecular weight excluding hydrogens is 387 g/mol. The molecule has 0 heterocycles. The number of carbonyl (C=O) groups excluding carboxylic acids is 2. The predicted molar refractivity (Wildman–Crippen MR) is 101 cm³/mol. The summed E-state index contributed by atoms with van der Waals surface area (Å²) in [5, 5.41) is 2.58. The van der Waals surface area contributed by atoms with Crippen LogP contribution in [0, 0.1) is 0 Å². The third-order valence-corrected chi connectivity index (χ3v) is 3.98. The largest absolute Gasteiger partial charge is 0.573 e. The van der Waals surface area contributed by atoms with E-state index in [1.807, 2.05) is 30.3 Å². The van der Waals surface area contributed by atoms with Crippen LogP contribution in [0.5, 0.6) is 5.75 Å². The second-order valence-corrected chi connectivity index (χ2v) is 6.67. The van der Waals surface area contributed by atoms with E-state index in [1.54, 1.807) is 19.0 Å². The fourth-order valence-electron chi connectivity index (χ4n) is 2.62. The average Bonchev–Trinajstić information content (AvgIpc) is 2.62. The van der Waals surface area contributed by atoms with Crippen LogP contribution in [0.2, 0.25) is 0 Å². The van der Waals surface area contributed by atoms with Crippen molar-refractivity contribution in [3.05, 3.63) is 60.2 Å². The lowest BCUT2D eigenvalue weighted by Gasteiger charge is -2.20. The Morgan fingerprint density at radius 3 is 2.24 bits per heavy atom. The van der Waals surface area contributed by atoms with Crippen LogP contribution in [0.15, 0.2) is 54.6 Å². The number of carbonyl (C=O) groups is 2. The van der Waals surface area contributed by atoms with Crippen molar-refractivity contribution in [1.82, 2.24) is 4.90 Å². The number of quaternary nitrogens is 1. The molecule has 2 aromatic rings. The third-order valence-electron chi connectivity index (χ3n) is 3.98. The van der Waals surface area contributed by atoms with E-state index in [2.05, 4.69) is 10.1 Å². The number of hydrogen-bond donors (Lipinski definition) is 2. The van der Waals surface area contributed by atoms with Crippen molar-refractivity contribution in [3.8, 4) is 5.75 Å². The summed E-state index contributed by atoms with van der Waals surface area (Å²) in [7, 11) is 3.42. The Morgan fingerprint density at radius 2 is 1.66 bits per heavy atom. The highest BCUT2D eigenvalue weighted by Gasteiger charge is 2.31. The van der Waals surface area contributed by atoms with Crippen molar-refractivity contribution in [3.63, 3.8) is 0 Å². The highest BCUT2D eigenvalue weighted by Crippen LogP contribution is 2.23. The Morgan fingerprint density at radius 1 is 1.03 bits per heavy atom. The quantitative estimate of drug-likeness (QED) is 0.697. The number of likely N-dealkylation sites (N-methyl/N-ethyl adjacent to an activating group) is 2. The summed E-state index contributed by atoms with van der Waals surface area (Å²) in [6, 6.07) is 14.4. The summed E-state index contributed by atoms with van der Waals surface area (Å²) >= 11 is 0. The SMILES string of the molecule is CN(Cc1ccccc1)C(=O)C[NH+](C)CC(=O)Nc1ccc(OC(F)(F)F)cc1. The Labute approximate surface area is 166 Å². The summed E-state index contributed by atoms with van der Waals surface area (Å²) in [4.78, 5) is 26.7. The van der Waals surface area contributed by atoms with Gasteiger partial charge in [0, 0.05) is 19.3 Å². The zero-order valence-corrected chi connectivity index (χ0v) is 16.1. The molecule has 9 heteroatoms. The minimum absolute atomic E-state index is 0.0335. The van der Waals surface area contributed by atoms with Gasteiger partial charge in [0.2, 0.25) is 0 Å². The van der Waals surface area contributed by atoms with Crippen LogP contribution in [0.1, 0.15) is 5.56 Å². The van der Waals surface area contributed by atoms with Gasteiger partial charge >= 0.3 is 6.36 Å². The van der Waals surface area contributed by atoms with Gasteiger partial charge in [0.25, 0.3) is 11.8 Å². The molecule has 0 bridgehead atoms. The first-order valence-electron chi connectivity index (χ1n) is 8.87. The molecule has 2 aromatic carbocycles. The molecule has 0 aliphatic carbocycles. The topological polar surface area (TPSA) is 63.1 Å². The van der Waals surface area contributed by atoms with Gasteiger partial charge in [-0.15, -0.1) is 13.2 Å². The number of ether oxygens (including phenoxy) is 1. The van der Waals surface area contributed by atoms with Gasteiger partial charge in [-0.3, -0.25) is 9.59 Å². The van der Waals surface area contributed by atoms with E-state index in [1.165, 1.54) is 12.1 Å². The molecule has 2 rings (SSSR count). The number of anilines is 1. The van der Waals surface area contributed by atoms with Gasteiger partial charge < -0.3 is 19.9 Å². The van der Waals surface area contributed by atoms with Gasteiger partial charge in [-0.2, -0.15) is 0 Å². The van der Waals surface area contributed by atoms with Crippen molar-refractivity contribution in [2.24, 2.45) is 0 Å². The molecule has 0 aliphatic rings. The number of alkyl halides is 3. The number of halogens is 3. The monoisotopic (exact) mass is 410 g/mol. The predicted octanol–water partition coefficient (Wildman–Crippen LogP) is 1.70. The first kappa shape index (κ1) is 22.2. The van der Waals surface area contributed by atoms with E-state index < -0.39 is 6.36 Å². The number of benzene rings is 2. The third kappa shape index (κ3) is 8.22. The first-order chi connectivity index (χ1) is 13.6. The Kier molecular flexibility index (Phi) is 7.60. The molecule has 1 atom stereocenters. The van der Waals surface area contributed by atoms with Crippen LogP contribution in [-0.2, 0) is 16.1 Å². The fourth-order valence-corrected chi connectivity index (χ4v) is 2.62. The maximum atomic E-state index is 12.3. The molecule has 0 fully saturated rings. The van der Waals surface area contributed by atoms with E-state index in [4.69, 9.17) is 0 Å². The van der Waals surface area contributed by atoms with Crippen LogP contribution < -0.4 is 15.0 Å². The normalized spacial score (nSPS) is 12.2. The second kappa shape index (κ2) is 9.92. The van der Waals surface area contributed by atoms with E-state index in [0.29, 0.717) is 17.1 Å². The van der Waals surface area contributed by atoms with E-state index in [-0.39, 0.29) is 30.7 Å². The lowest BCUT2D eigenvalue weighted by atomic mass is 10.2. The summed E-state index contributed by atoms with van der Waals surface area (Å²) < 4.78 is 40.2. The molecule has 1 unspecified atom stereocenters. The molecule has 0 saturated heterocycles. The molecule has 0 aliphatic heterocycles. The summed E-state index contributed by atoms with van der Waals surface area (Å²) in [5.74, 6) is -0.830. The molecule has 2 N–H and O–H groups in total. The molecule has 2 amide bonds. The molecule has 0 saturated carbocycles. The number of amides is 2. The zero-order valence-electron chi connectivity index (χ0n) is 16.1. The molecule has 0 radical (unpaired) electrons. The van der Waals surface area contributed by atoms with Gasteiger partial charge in [0.15, 0.2) is 13.1 Å². The van der Waals surface area contributed by atoms with Gasteiger partial charge in [0.05, 0.1) is 7.05 Å². The molecule has 156 valence electrons. The zero-order chi connectivity index (χ0) is 21.4. The van der Waals surface area contributed by atoms with E-state index in [9.17, 15) is 22.8 Å². The maximum Gasteiger partial charge on any atom is 0.573 e. The van der Waals surface area contributed by atoms with Crippen LogP contribution >= 0.6 is 0 Å². The molecule has 29 heavy (non-hydrogen) atoms. The van der Waals surface area contributed by atoms with Gasteiger partial charge in [-0.1, -0.05) is 30.3 Å². The minimum Gasteiger partial charge on any atom is -0.406 e. The Bertz CT molecular complexity index is 811. The van der Waals surface area contributed by atoms with Crippen molar-refractivity contribution < 1.29 is 32.4 Å². The molecule has 0 spiro atoms. The molecule has 0 aromatic heterocycles. The minimum atomic E-state index is -4.77. The summed E-state index contributed by atoms with van der Waals surface area (Å²) in [6.45, 7) is 0.645. The van der Waals surface area contributed by atoms with Crippen molar-refractivity contribution in [2.75, 3.05) is 32.5 Å². The maximum absolute atomic E-state index is 12.3. The highest BCUT2D eigenvalue weighted by molar-refractivity contribution is 5.91. The van der Waals surface area contributed by atoms with Crippen molar-refractivity contribution >= 4 is 17.5 Å². The first-order valence-corrected chi connectivity index (χ1v) is 8.87. The molecule has 6 nitrogen and oxygen atoms in total. The summed E-state index contributed by atoms with van der Waals surface area (Å²) in [6.07, 6.45) is -4.77. The van der Waals surface area contributed by atoms with E-state index in [0.717, 1.165) is 17.7 Å². The Hall–Kier alpha value is -3.07. The number of hydrogen-bond acceptors (Lipinski definition) is 3. The second-order valence-electron chi connectivity index (χ2n) is 6.67. The van der Waals surface area contributed by atoms with E-state index >= 15 is 0 Å². The van der Waals surface area contributed by atoms with Crippen LogP contribution in [0.3, 0.4) is 0 Å². The standard InChI is InChI=1S/C20H22F3N3O3/c1-25(14-19(28)26(2)12-15-6-4-3-5-7-15)13-18(27)24-16-8-10-17(11-9-16)29-20(21,22)23/h3-11H,12-14H2,1-2H3,(H,24,27)/p+1. The van der Waals surface area contributed by atoms with Crippen molar-refractivity contribution in [2.45, 2.75) is 12.9 Å². The van der Waals surface area contributed by atoms with Crippen LogP contribution in [0.25, 0.3) is 0 Å².